The Balaban J connectivity index is 2.00. The van der Waals surface area contributed by atoms with E-state index in [4.69, 9.17) is 4.74 Å². The highest BCUT2D eigenvalue weighted by molar-refractivity contribution is 5.73. The molecule has 0 saturated carbocycles. The fourth-order valence-electron chi connectivity index (χ4n) is 1.81. The Morgan fingerprint density at radius 2 is 2.00 bits per heavy atom. The lowest BCUT2D eigenvalue weighted by Crippen LogP contribution is -2.59. The van der Waals surface area contributed by atoms with E-state index in [0.717, 1.165) is 26.2 Å². The first-order valence-corrected chi connectivity index (χ1v) is 4.37. The van der Waals surface area contributed by atoms with Crippen molar-refractivity contribution in [1.82, 2.24) is 10.2 Å². The molecule has 2 saturated heterocycles. The monoisotopic (exact) mass is 170 g/mol. The fraction of sp³-hybridized carbons (Fsp3) is 0.875. The molecule has 0 aliphatic carbocycles. The Hall–Kier alpha value is -0.610. The van der Waals surface area contributed by atoms with E-state index in [0.29, 0.717) is 0 Å². The van der Waals surface area contributed by atoms with Gasteiger partial charge < -0.3 is 15.0 Å². The van der Waals surface area contributed by atoms with Crippen LogP contribution in [0, 0.1) is 0 Å². The largest absolute Gasteiger partial charge is 0.369 e. The summed E-state index contributed by atoms with van der Waals surface area (Å²) in [6.07, 6.45) is 0.419. The summed E-state index contributed by atoms with van der Waals surface area (Å²) in [4.78, 5) is 13.0. The van der Waals surface area contributed by atoms with E-state index in [1.54, 1.807) is 6.92 Å². The lowest BCUT2D eigenvalue weighted by molar-refractivity contribution is -0.147. The minimum Gasteiger partial charge on any atom is -0.369 e. The number of carbonyl (C=O) groups is 1. The molecular formula is C8H14N2O2. The van der Waals surface area contributed by atoms with Crippen molar-refractivity contribution < 1.29 is 9.53 Å². The van der Waals surface area contributed by atoms with Crippen LogP contribution in [-0.2, 0) is 9.53 Å². The molecule has 1 N–H and O–H groups in total. The Morgan fingerprint density at radius 3 is 2.50 bits per heavy atom. The number of carbonyl (C=O) groups excluding carboxylic acids is 1. The van der Waals surface area contributed by atoms with Crippen LogP contribution in [-0.4, -0.2) is 49.2 Å². The van der Waals surface area contributed by atoms with Crippen molar-refractivity contribution in [3.8, 4) is 0 Å². The lowest BCUT2D eigenvalue weighted by Gasteiger charge is -2.41. The molecule has 0 aromatic rings. The first-order valence-electron chi connectivity index (χ1n) is 4.37. The van der Waals surface area contributed by atoms with Gasteiger partial charge in [0, 0.05) is 33.1 Å². The van der Waals surface area contributed by atoms with Gasteiger partial charge in [-0.1, -0.05) is 0 Å². The number of fused-ring (bicyclic) bond motifs is 2. The van der Waals surface area contributed by atoms with E-state index in [1.807, 2.05) is 4.90 Å². The van der Waals surface area contributed by atoms with Crippen LogP contribution in [0.3, 0.4) is 0 Å². The molecule has 4 nitrogen and oxygen atoms in total. The van der Waals surface area contributed by atoms with Crippen LogP contribution >= 0.6 is 0 Å². The van der Waals surface area contributed by atoms with Crippen LogP contribution in [0.2, 0.25) is 0 Å². The first kappa shape index (κ1) is 8.01. The molecule has 0 aromatic carbocycles. The molecule has 1 amide bonds. The van der Waals surface area contributed by atoms with Gasteiger partial charge in [-0.2, -0.15) is 0 Å². The van der Waals surface area contributed by atoms with Gasteiger partial charge in [0.25, 0.3) is 0 Å². The second-order valence-corrected chi connectivity index (χ2v) is 3.46. The van der Waals surface area contributed by atoms with Crippen molar-refractivity contribution in [2.45, 2.75) is 19.1 Å². The molecule has 2 heterocycles. The second-order valence-electron chi connectivity index (χ2n) is 3.46. The fourth-order valence-corrected chi connectivity index (χ4v) is 1.81. The molecule has 4 heteroatoms. The van der Waals surface area contributed by atoms with Gasteiger partial charge in [-0.15, -0.1) is 0 Å². The summed E-state index contributed by atoms with van der Waals surface area (Å²) in [7, 11) is 0. The van der Waals surface area contributed by atoms with Crippen LogP contribution in [0.25, 0.3) is 0 Å². The number of hydrogen-bond donors (Lipinski definition) is 1. The molecule has 2 fully saturated rings. The summed E-state index contributed by atoms with van der Waals surface area (Å²) in [5, 5.41) is 3.28. The number of morpholine rings is 2. The lowest BCUT2D eigenvalue weighted by atomic mass is 10.1. The first-order chi connectivity index (χ1) is 5.75. The zero-order chi connectivity index (χ0) is 8.55. The van der Waals surface area contributed by atoms with Gasteiger partial charge >= 0.3 is 0 Å². The molecule has 2 bridgehead atoms. The van der Waals surface area contributed by atoms with Crippen molar-refractivity contribution in [2.24, 2.45) is 0 Å². The van der Waals surface area contributed by atoms with E-state index < -0.39 is 0 Å². The number of nitrogens with zero attached hydrogens (tertiary/aromatic N) is 1. The van der Waals surface area contributed by atoms with Crippen LogP contribution in [0.1, 0.15) is 6.92 Å². The Morgan fingerprint density at radius 1 is 1.42 bits per heavy atom. The van der Waals surface area contributed by atoms with Crippen LogP contribution in [0.15, 0.2) is 0 Å². The summed E-state index contributed by atoms with van der Waals surface area (Å²) < 4.78 is 5.65. The van der Waals surface area contributed by atoms with Gasteiger partial charge in [0.2, 0.25) is 5.91 Å². The van der Waals surface area contributed by atoms with E-state index in [-0.39, 0.29) is 18.1 Å². The molecule has 12 heavy (non-hydrogen) atoms. The van der Waals surface area contributed by atoms with Crippen LogP contribution in [0.4, 0.5) is 0 Å². The highest BCUT2D eigenvalue weighted by Gasteiger charge is 2.31. The molecule has 0 aromatic heterocycles. The highest BCUT2D eigenvalue weighted by atomic mass is 16.5. The number of nitrogens with one attached hydrogen (secondary N) is 1. The molecule has 2 rings (SSSR count). The quantitative estimate of drug-likeness (QED) is 0.518. The maximum atomic E-state index is 11.1. The maximum absolute atomic E-state index is 11.1. The number of rotatable bonds is 0. The number of ether oxygens (including phenoxy) is 1. The maximum Gasteiger partial charge on any atom is 0.219 e. The Kier molecular flexibility index (Phi) is 2.02. The van der Waals surface area contributed by atoms with Gasteiger partial charge in [0.1, 0.15) is 0 Å². The highest BCUT2D eigenvalue weighted by Crippen LogP contribution is 2.13. The Labute approximate surface area is 71.9 Å². The molecule has 0 spiro atoms. The van der Waals surface area contributed by atoms with Crippen molar-refractivity contribution in [1.29, 1.82) is 0 Å². The zero-order valence-corrected chi connectivity index (χ0v) is 7.25. The second kappa shape index (κ2) is 3.03. The van der Waals surface area contributed by atoms with Gasteiger partial charge in [0.05, 0.1) is 12.2 Å². The van der Waals surface area contributed by atoms with Crippen molar-refractivity contribution >= 4 is 5.91 Å². The Bertz CT molecular complexity index is 183. The van der Waals surface area contributed by atoms with Crippen molar-refractivity contribution in [2.75, 3.05) is 26.2 Å². The molecule has 2 unspecified atom stereocenters. The summed E-state index contributed by atoms with van der Waals surface area (Å²) in [6, 6.07) is 0. The standard InChI is InChI=1S/C8H14N2O2/c1-6(11)10-4-7-2-9-3-8(5-10)12-7/h7-9H,2-5H2,1H3. The number of amides is 1. The summed E-state index contributed by atoms with van der Waals surface area (Å²) in [5.74, 6) is 0.162. The summed E-state index contributed by atoms with van der Waals surface area (Å²) >= 11 is 0. The third-order valence-corrected chi connectivity index (χ3v) is 2.42. The average Bonchev–Trinajstić information content (AvgIpc) is 2.03. The van der Waals surface area contributed by atoms with E-state index in [2.05, 4.69) is 5.32 Å². The van der Waals surface area contributed by atoms with Crippen LogP contribution in [0.5, 0.6) is 0 Å². The van der Waals surface area contributed by atoms with Crippen LogP contribution < -0.4 is 5.32 Å². The van der Waals surface area contributed by atoms with E-state index >= 15 is 0 Å². The topological polar surface area (TPSA) is 41.6 Å². The van der Waals surface area contributed by atoms with Gasteiger partial charge in [0.15, 0.2) is 0 Å². The third kappa shape index (κ3) is 1.44. The summed E-state index contributed by atoms with van der Waals surface area (Å²) in [6.45, 7) is 4.87. The SMILES string of the molecule is CC(=O)N1CC2CNCC(C1)O2. The predicted molar refractivity (Wildman–Crippen MR) is 43.8 cm³/mol. The minimum atomic E-state index is 0.162. The molecule has 2 aliphatic rings. The number of hydrogen-bond acceptors (Lipinski definition) is 3. The normalized spacial score (nSPS) is 34.9. The minimum absolute atomic E-state index is 0.162. The van der Waals surface area contributed by atoms with Gasteiger partial charge in [-0.25, -0.2) is 0 Å². The molecule has 0 radical (unpaired) electrons. The predicted octanol–water partition coefficient (Wildman–Crippen LogP) is -0.794. The molecule has 2 aliphatic heterocycles. The zero-order valence-electron chi connectivity index (χ0n) is 7.25. The summed E-state index contributed by atoms with van der Waals surface area (Å²) in [5.41, 5.74) is 0. The average molecular weight is 170 g/mol. The van der Waals surface area contributed by atoms with Crippen molar-refractivity contribution in [3.05, 3.63) is 0 Å². The molecule has 68 valence electrons. The third-order valence-electron chi connectivity index (χ3n) is 2.42. The smallest absolute Gasteiger partial charge is 0.219 e. The van der Waals surface area contributed by atoms with Gasteiger partial charge in [-0.05, 0) is 0 Å². The van der Waals surface area contributed by atoms with Crippen molar-refractivity contribution in [3.63, 3.8) is 0 Å². The molecule has 2 atom stereocenters. The van der Waals surface area contributed by atoms with E-state index in [9.17, 15) is 4.79 Å². The van der Waals surface area contributed by atoms with Gasteiger partial charge in [-0.3, -0.25) is 4.79 Å². The molecular weight excluding hydrogens is 156 g/mol. The van der Waals surface area contributed by atoms with E-state index in [1.165, 1.54) is 0 Å².